The first kappa shape index (κ1) is 24.1. The van der Waals surface area contributed by atoms with Gasteiger partial charge in [0.1, 0.15) is 24.2 Å². The molecule has 1 aromatic heterocycles. The number of nitrogens with two attached hydrogens (primary N) is 1. The molecule has 0 unspecified atom stereocenters. The van der Waals surface area contributed by atoms with Crippen molar-refractivity contribution in [2.24, 2.45) is 5.16 Å². The van der Waals surface area contributed by atoms with E-state index in [1.54, 1.807) is 13.8 Å². The molecular weight excluding hydrogens is 429 g/mol. The number of anilines is 1. The average molecular weight is 445 g/mol. The van der Waals surface area contributed by atoms with Crippen LogP contribution in [0.3, 0.4) is 0 Å². The molecule has 15 heteroatoms. The van der Waals surface area contributed by atoms with Crippen LogP contribution >= 0.6 is 23.1 Å². The summed E-state index contributed by atoms with van der Waals surface area (Å²) in [6.07, 6.45) is 0. The van der Waals surface area contributed by atoms with Crippen LogP contribution in [0.2, 0.25) is 0 Å². The van der Waals surface area contributed by atoms with Gasteiger partial charge in [0.15, 0.2) is 21.1 Å². The molecule has 2 amide bonds. The van der Waals surface area contributed by atoms with Crippen molar-refractivity contribution in [3.8, 4) is 0 Å². The van der Waals surface area contributed by atoms with E-state index in [2.05, 4.69) is 20.3 Å². The van der Waals surface area contributed by atoms with E-state index in [1.807, 2.05) is 0 Å². The monoisotopic (exact) mass is 445 g/mol. The van der Waals surface area contributed by atoms with Crippen molar-refractivity contribution in [3.63, 3.8) is 0 Å². The normalized spacial score (nSPS) is 20.1. The largest absolute Gasteiger partial charge is 1.00 e. The van der Waals surface area contributed by atoms with E-state index in [-0.39, 0.29) is 55.6 Å². The summed E-state index contributed by atoms with van der Waals surface area (Å²) in [6.45, 7) is 3.52. The Morgan fingerprint density at radius 1 is 1.56 bits per heavy atom. The number of oxime groups is 1. The minimum Gasteiger partial charge on any atom is -0.731 e. The molecule has 1 aromatic rings. The molecule has 144 valence electrons. The molecule has 0 spiro atoms. The Balaban J connectivity index is 0.00000364. The minimum absolute atomic E-state index is 0. The second-order valence-corrected chi connectivity index (χ2v) is 9.15. The van der Waals surface area contributed by atoms with Gasteiger partial charge in [-0.15, -0.1) is 23.1 Å². The number of hydrogen-bond acceptors (Lipinski definition) is 11. The van der Waals surface area contributed by atoms with E-state index >= 15 is 0 Å². The number of β-lactam (4-membered cyclic amide) rings is 1. The molecule has 2 atom stereocenters. The molecule has 0 aromatic carbocycles. The summed E-state index contributed by atoms with van der Waals surface area (Å²) in [5.41, 5.74) is 5.44. The van der Waals surface area contributed by atoms with Crippen molar-refractivity contribution < 1.29 is 57.0 Å². The second kappa shape index (κ2) is 9.54. The first-order chi connectivity index (χ1) is 12.1. The molecule has 2 heterocycles. The molecule has 3 N–H and O–H groups in total. The van der Waals surface area contributed by atoms with Crippen LogP contribution in [-0.4, -0.2) is 63.6 Å². The number of nitrogen functional groups attached to an aromatic ring is 1. The number of amides is 2. The summed E-state index contributed by atoms with van der Waals surface area (Å²) >= 11 is 2.14. The zero-order chi connectivity index (χ0) is 19.6. The number of aromatic nitrogens is 1. The number of rotatable bonds is 7. The fraction of sp³-hybridized carbons (Fsp3) is 0.500. The van der Waals surface area contributed by atoms with Gasteiger partial charge in [-0.3, -0.25) is 9.59 Å². The fourth-order valence-electron chi connectivity index (χ4n) is 2.12. The molecule has 11 nitrogen and oxygen atoms in total. The van der Waals surface area contributed by atoms with Crippen molar-refractivity contribution in [1.82, 2.24) is 14.6 Å². The standard InChI is InChI=1S/C12H17N5O6S3.Na/c1-5(2)25-11-8(10(19)17(11)26(20,21)22)15-9(18)7(16-23-3)6-4-24-12(13)14-6;/h4-5,8,11H,1-3H3,(H2,13,14)(H,15,18)(H,20,21,22);/q;+1/p-1/t8-,11+;/m1./s1. The van der Waals surface area contributed by atoms with Crippen LogP contribution in [0.15, 0.2) is 10.5 Å². The third-order valence-corrected chi connectivity index (χ3v) is 6.10. The van der Waals surface area contributed by atoms with Crippen molar-refractivity contribution in [3.05, 3.63) is 11.1 Å². The van der Waals surface area contributed by atoms with Gasteiger partial charge in [0.2, 0.25) is 0 Å². The number of thiazole rings is 1. The van der Waals surface area contributed by atoms with Crippen LogP contribution in [0.25, 0.3) is 0 Å². The smallest absolute Gasteiger partial charge is 0.731 e. The van der Waals surface area contributed by atoms with Gasteiger partial charge in [0, 0.05) is 10.6 Å². The Kier molecular flexibility index (Phi) is 8.53. The number of hydrogen-bond donors (Lipinski definition) is 2. The maximum absolute atomic E-state index is 12.5. The second-order valence-electron chi connectivity index (χ2n) is 5.31. The number of carbonyl (C=O) groups is 2. The summed E-state index contributed by atoms with van der Waals surface area (Å²) in [7, 11) is -3.76. The third-order valence-electron chi connectivity index (χ3n) is 3.10. The molecular formula is C12H16N5NaO6S3. The van der Waals surface area contributed by atoms with E-state index in [0.717, 1.165) is 23.1 Å². The van der Waals surface area contributed by atoms with Crippen LogP contribution in [-0.2, 0) is 24.7 Å². The molecule has 27 heavy (non-hydrogen) atoms. The van der Waals surface area contributed by atoms with Gasteiger partial charge in [0.05, 0.1) is 0 Å². The van der Waals surface area contributed by atoms with Crippen molar-refractivity contribution >= 4 is 56.1 Å². The molecule has 1 saturated heterocycles. The Bertz CT molecular complexity index is 842. The number of carbonyl (C=O) groups excluding carboxylic acids is 2. The van der Waals surface area contributed by atoms with Gasteiger partial charge in [-0.1, -0.05) is 19.0 Å². The third kappa shape index (κ3) is 5.56. The number of nitrogens with zero attached hydrogens (tertiary/aromatic N) is 3. The Hall–Kier alpha value is -0.900. The van der Waals surface area contributed by atoms with E-state index in [1.165, 1.54) is 12.5 Å². The van der Waals surface area contributed by atoms with Gasteiger partial charge < -0.3 is 20.4 Å². The van der Waals surface area contributed by atoms with Crippen molar-refractivity contribution in [2.45, 2.75) is 30.5 Å². The first-order valence-corrected chi connectivity index (χ1v) is 10.3. The molecule has 1 aliphatic rings. The van der Waals surface area contributed by atoms with Crippen LogP contribution in [0.4, 0.5) is 5.13 Å². The maximum Gasteiger partial charge on any atom is 1.00 e. The molecule has 0 aliphatic carbocycles. The minimum atomic E-state index is -4.98. The molecule has 1 aliphatic heterocycles. The predicted molar refractivity (Wildman–Crippen MR) is 95.1 cm³/mol. The molecule has 1 fully saturated rings. The van der Waals surface area contributed by atoms with Crippen LogP contribution in [0, 0.1) is 0 Å². The van der Waals surface area contributed by atoms with Gasteiger partial charge in [-0.2, -0.15) is 0 Å². The summed E-state index contributed by atoms with van der Waals surface area (Å²) in [6, 6.07) is -1.20. The van der Waals surface area contributed by atoms with E-state index in [9.17, 15) is 22.6 Å². The first-order valence-electron chi connectivity index (χ1n) is 7.14. The van der Waals surface area contributed by atoms with Gasteiger partial charge in [-0.05, 0) is 0 Å². The van der Waals surface area contributed by atoms with E-state index < -0.39 is 33.5 Å². The zero-order valence-corrected chi connectivity index (χ0v) is 19.4. The van der Waals surface area contributed by atoms with Crippen molar-refractivity contribution in [2.75, 3.05) is 12.8 Å². The number of thioether (sulfide) groups is 1. The molecule has 0 bridgehead atoms. The van der Waals surface area contributed by atoms with Crippen LogP contribution in [0.5, 0.6) is 0 Å². The molecule has 0 saturated carbocycles. The predicted octanol–water partition coefficient (Wildman–Crippen LogP) is -3.67. The SMILES string of the molecule is CON=C(C(=O)N[C@@H]1C(=O)N(S(=O)(=O)[O-])[C@H]1SC(C)C)c1csc(N)n1.[Na+]. The molecule has 2 rings (SSSR count). The topological polar surface area (TPSA) is 167 Å². The van der Waals surface area contributed by atoms with Crippen molar-refractivity contribution in [1.29, 1.82) is 0 Å². The van der Waals surface area contributed by atoms with Gasteiger partial charge in [-0.25, -0.2) is 17.7 Å². The Morgan fingerprint density at radius 3 is 2.63 bits per heavy atom. The number of nitrogens with one attached hydrogen (secondary N) is 1. The van der Waals surface area contributed by atoms with Crippen LogP contribution in [0.1, 0.15) is 19.5 Å². The summed E-state index contributed by atoms with van der Waals surface area (Å²) in [4.78, 5) is 33.1. The Labute approximate surface area is 186 Å². The Morgan fingerprint density at radius 2 is 2.19 bits per heavy atom. The quantitative estimate of drug-likeness (QED) is 0.141. The summed E-state index contributed by atoms with van der Waals surface area (Å²) in [5, 5.41) is 6.49. The van der Waals surface area contributed by atoms with Crippen LogP contribution < -0.4 is 40.6 Å². The maximum atomic E-state index is 12.5. The van der Waals surface area contributed by atoms with Gasteiger partial charge >= 0.3 is 29.6 Å². The van der Waals surface area contributed by atoms with Gasteiger partial charge in [0.25, 0.3) is 11.8 Å². The average Bonchev–Trinajstić information content (AvgIpc) is 2.94. The van der Waals surface area contributed by atoms with E-state index in [0.29, 0.717) is 0 Å². The summed E-state index contributed by atoms with van der Waals surface area (Å²) < 4.78 is 34.0. The fourth-order valence-corrected chi connectivity index (χ4v) is 4.96. The molecule has 0 radical (unpaired) electrons. The zero-order valence-electron chi connectivity index (χ0n) is 14.9. The summed E-state index contributed by atoms with van der Waals surface area (Å²) in [5.74, 6) is -1.83. The van der Waals surface area contributed by atoms with E-state index in [4.69, 9.17) is 5.73 Å².